The number of aryl methyl sites for hydroxylation is 1. The van der Waals surface area contributed by atoms with E-state index in [-0.39, 0.29) is 0 Å². The molecule has 0 aliphatic carbocycles. The molecule has 0 aromatic carbocycles. The van der Waals surface area contributed by atoms with Crippen LogP contribution in [0.1, 0.15) is 37.9 Å². The number of rotatable bonds is 5. The summed E-state index contributed by atoms with van der Waals surface area (Å²) in [6, 6.07) is 1.06. The zero-order chi connectivity index (χ0) is 14.7. The quantitative estimate of drug-likeness (QED) is 0.608. The van der Waals surface area contributed by atoms with Gasteiger partial charge in [0.1, 0.15) is 5.82 Å². The first kappa shape index (κ1) is 15.0. The van der Waals surface area contributed by atoms with E-state index in [1.165, 1.54) is 6.42 Å². The first-order valence-corrected chi connectivity index (χ1v) is 7.34. The zero-order valence-corrected chi connectivity index (χ0v) is 12.8. The molecule has 1 saturated heterocycles. The van der Waals surface area contributed by atoms with Gasteiger partial charge in [-0.1, -0.05) is 0 Å². The lowest BCUT2D eigenvalue weighted by Crippen LogP contribution is -2.30. The highest BCUT2D eigenvalue weighted by atomic mass is 15.4. The minimum atomic E-state index is 0.335. The summed E-state index contributed by atoms with van der Waals surface area (Å²) in [5, 5.41) is 3.38. The predicted octanol–water partition coefficient (Wildman–Crippen LogP) is 1.37. The third-order valence-corrected chi connectivity index (χ3v) is 4.24. The van der Waals surface area contributed by atoms with E-state index in [2.05, 4.69) is 40.0 Å². The molecule has 1 aliphatic rings. The summed E-state index contributed by atoms with van der Waals surface area (Å²) in [7, 11) is 0. The highest BCUT2D eigenvalue weighted by molar-refractivity contribution is 5.48. The van der Waals surface area contributed by atoms with Crippen LogP contribution in [0.3, 0.4) is 0 Å². The van der Waals surface area contributed by atoms with E-state index in [1.54, 1.807) is 0 Å². The fraction of sp³-hybridized carbons (Fsp3) is 0.714. The highest BCUT2D eigenvalue weighted by Crippen LogP contribution is 2.20. The van der Waals surface area contributed by atoms with Crippen LogP contribution in [0.25, 0.3) is 0 Å². The van der Waals surface area contributed by atoms with Crippen molar-refractivity contribution in [3.05, 3.63) is 11.3 Å². The van der Waals surface area contributed by atoms with E-state index >= 15 is 0 Å². The van der Waals surface area contributed by atoms with Crippen molar-refractivity contribution in [1.29, 1.82) is 0 Å². The van der Waals surface area contributed by atoms with E-state index in [1.807, 2.05) is 13.8 Å². The third kappa shape index (κ3) is 3.37. The first-order chi connectivity index (χ1) is 9.49. The Hall–Kier alpha value is -1.40. The van der Waals surface area contributed by atoms with Crippen molar-refractivity contribution in [2.45, 2.75) is 52.6 Å². The molecule has 0 bridgehead atoms. The van der Waals surface area contributed by atoms with Crippen LogP contribution in [0.4, 0.5) is 11.8 Å². The number of hydrogen-bond donors (Lipinski definition) is 4. The summed E-state index contributed by atoms with van der Waals surface area (Å²) < 4.78 is 0. The zero-order valence-electron chi connectivity index (χ0n) is 12.8. The molecule has 0 amide bonds. The monoisotopic (exact) mass is 278 g/mol. The average Bonchev–Trinajstić information content (AvgIpc) is 2.71. The number of aromatic nitrogens is 2. The normalized spacial score (nSPS) is 25.9. The van der Waals surface area contributed by atoms with Crippen molar-refractivity contribution in [2.24, 2.45) is 5.92 Å². The van der Waals surface area contributed by atoms with Crippen LogP contribution in [0.2, 0.25) is 0 Å². The molecule has 2 unspecified atom stereocenters. The minimum absolute atomic E-state index is 0.335. The van der Waals surface area contributed by atoms with Gasteiger partial charge in [0.15, 0.2) is 0 Å². The van der Waals surface area contributed by atoms with Gasteiger partial charge in [0.05, 0.1) is 0 Å². The van der Waals surface area contributed by atoms with Gasteiger partial charge in [0.2, 0.25) is 5.95 Å². The Morgan fingerprint density at radius 1 is 1.15 bits per heavy atom. The van der Waals surface area contributed by atoms with Gasteiger partial charge >= 0.3 is 0 Å². The second-order valence-corrected chi connectivity index (χ2v) is 5.74. The maximum Gasteiger partial charge on any atom is 0.222 e. The number of nitrogens with one attached hydrogen (secondary N) is 3. The van der Waals surface area contributed by atoms with Crippen LogP contribution in [0.5, 0.6) is 0 Å². The Labute approximate surface area is 120 Å². The summed E-state index contributed by atoms with van der Waals surface area (Å²) in [6.45, 7) is 9.34. The molecular weight excluding hydrogens is 252 g/mol. The van der Waals surface area contributed by atoms with Gasteiger partial charge in [-0.15, -0.1) is 0 Å². The number of hydrazine groups is 1. The van der Waals surface area contributed by atoms with Crippen LogP contribution in [0, 0.1) is 19.8 Å². The lowest BCUT2D eigenvalue weighted by molar-refractivity contribution is 0.406. The van der Waals surface area contributed by atoms with Crippen LogP contribution < -0.4 is 21.9 Å². The Balaban J connectivity index is 1.82. The van der Waals surface area contributed by atoms with Crippen LogP contribution in [-0.2, 0) is 0 Å². The second kappa shape index (κ2) is 6.37. The number of nitrogen functional groups attached to an aromatic ring is 1. The van der Waals surface area contributed by atoms with Gasteiger partial charge in [-0.25, -0.2) is 4.98 Å². The molecule has 2 heterocycles. The number of hydrogen-bond acceptors (Lipinski definition) is 6. The summed E-state index contributed by atoms with van der Waals surface area (Å²) in [4.78, 5) is 8.42. The number of nitrogens with two attached hydrogens (primary N) is 1. The van der Waals surface area contributed by atoms with Gasteiger partial charge in [-0.05, 0) is 46.5 Å². The Morgan fingerprint density at radius 2 is 1.80 bits per heavy atom. The summed E-state index contributed by atoms with van der Waals surface area (Å²) in [5.74, 6) is 1.87. The van der Waals surface area contributed by atoms with Crippen molar-refractivity contribution < 1.29 is 0 Å². The lowest BCUT2D eigenvalue weighted by Gasteiger charge is -2.18. The standard InChI is InChI=1S/C14H26N6/c1-8-9(2)17-14(15)18-13(8)16-7-5-6-12-10(3)19-20-11(12)4/h10-12,19-20H,5-7H2,1-4H3,(H3,15,16,17,18). The van der Waals surface area contributed by atoms with Crippen LogP contribution >= 0.6 is 0 Å². The molecule has 20 heavy (non-hydrogen) atoms. The lowest BCUT2D eigenvalue weighted by atomic mass is 9.92. The maximum absolute atomic E-state index is 5.69. The van der Waals surface area contributed by atoms with E-state index in [4.69, 9.17) is 5.73 Å². The molecule has 0 spiro atoms. The van der Waals surface area contributed by atoms with Crippen molar-refractivity contribution in [2.75, 3.05) is 17.6 Å². The van der Waals surface area contributed by atoms with Gasteiger partial charge in [0.25, 0.3) is 0 Å². The van der Waals surface area contributed by atoms with Gasteiger partial charge in [-0.2, -0.15) is 4.98 Å². The largest absolute Gasteiger partial charge is 0.370 e. The van der Waals surface area contributed by atoms with Gasteiger partial charge in [0, 0.05) is 29.9 Å². The molecule has 2 rings (SSSR count). The predicted molar refractivity (Wildman–Crippen MR) is 82.3 cm³/mol. The van der Waals surface area contributed by atoms with E-state index < -0.39 is 0 Å². The van der Waals surface area contributed by atoms with Crippen molar-refractivity contribution in [3.8, 4) is 0 Å². The average molecular weight is 278 g/mol. The first-order valence-electron chi connectivity index (χ1n) is 7.34. The van der Waals surface area contributed by atoms with Gasteiger partial charge < -0.3 is 11.1 Å². The fourth-order valence-corrected chi connectivity index (χ4v) is 2.78. The molecule has 112 valence electrons. The Bertz CT molecular complexity index is 451. The molecule has 0 saturated carbocycles. The van der Waals surface area contributed by atoms with E-state index in [9.17, 15) is 0 Å². The summed E-state index contributed by atoms with van der Waals surface area (Å²) in [6.07, 6.45) is 2.30. The van der Waals surface area contributed by atoms with Crippen LogP contribution in [-0.4, -0.2) is 28.6 Å². The van der Waals surface area contributed by atoms with Crippen molar-refractivity contribution >= 4 is 11.8 Å². The molecule has 0 radical (unpaired) electrons. The molecule has 2 atom stereocenters. The fourth-order valence-electron chi connectivity index (χ4n) is 2.78. The molecular formula is C14H26N6. The molecule has 5 N–H and O–H groups in total. The minimum Gasteiger partial charge on any atom is -0.370 e. The molecule has 6 nitrogen and oxygen atoms in total. The van der Waals surface area contributed by atoms with E-state index in [0.29, 0.717) is 23.9 Å². The summed E-state index contributed by atoms with van der Waals surface area (Å²) >= 11 is 0. The molecule has 1 aromatic rings. The second-order valence-electron chi connectivity index (χ2n) is 5.74. The van der Waals surface area contributed by atoms with E-state index in [0.717, 1.165) is 30.0 Å². The van der Waals surface area contributed by atoms with Crippen molar-refractivity contribution in [1.82, 2.24) is 20.8 Å². The van der Waals surface area contributed by atoms with Gasteiger partial charge in [-0.3, -0.25) is 10.9 Å². The molecule has 1 aromatic heterocycles. The molecule has 1 fully saturated rings. The highest BCUT2D eigenvalue weighted by Gasteiger charge is 2.28. The SMILES string of the molecule is Cc1nc(N)nc(NCCCC2C(C)NNC2C)c1C. The Morgan fingerprint density at radius 3 is 2.45 bits per heavy atom. The third-order valence-electron chi connectivity index (χ3n) is 4.24. The Kier molecular flexibility index (Phi) is 4.77. The number of anilines is 2. The number of nitrogens with zero attached hydrogens (tertiary/aromatic N) is 2. The molecule has 1 aliphatic heterocycles. The topological polar surface area (TPSA) is 87.9 Å². The molecule has 6 heteroatoms. The summed E-state index contributed by atoms with van der Waals surface area (Å²) in [5.41, 5.74) is 14.3. The smallest absolute Gasteiger partial charge is 0.222 e. The van der Waals surface area contributed by atoms with Crippen LogP contribution in [0.15, 0.2) is 0 Å². The van der Waals surface area contributed by atoms with Crippen molar-refractivity contribution in [3.63, 3.8) is 0 Å². The maximum atomic E-state index is 5.69.